The van der Waals surface area contributed by atoms with Crippen LogP contribution in [-0.2, 0) is 6.18 Å². The minimum Gasteiger partial charge on any atom is -0.507 e. The molecule has 6 nitrogen and oxygen atoms in total. The zero-order valence-electron chi connectivity index (χ0n) is 14.9. The first-order valence-corrected chi connectivity index (χ1v) is 8.64. The molecule has 3 aromatic rings. The molecule has 28 heavy (non-hydrogen) atoms. The number of aliphatic hydroxyl groups is 1. The molecule has 0 aliphatic carbocycles. The molecule has 0 radical (unpaired) electrons. The van der Waals surface area contributed by atoms with Gasteiger partial charge in [-0.2, -0.15) is 13.2 Å². The first kappa shape index (κ1) is 18.4. The lowest BCUT2D eigenvalue weighted by Crippen LogP contribution is -2.30. The second kappa shape index (κ2) is 6.30. The van der Waals surface area contributed by atoms with E-state index in [0.29, 0.717) is 42.2 Å². The maximum atomic E-state index is 12.9. The SMILES string of the molecule is C[C@]1(O)CCN(c2nnc(-c3ccc(C(F)(F)F)cc3O)c3cnccc23)C1. The lowest BCUT2D eigenvalue weighted by Gasteiger charge is -2.21. The Balaban J connectivity index is 1.83. The second-order valence-corrected chi connectivity index (χ2v) is 7.19. The van der Waals surface area contributed by atoms with Crippen molar-refractivity contribution in [2.24, 2.45) is 0 Å². The summed E-state index contributed by atoms with van der Waals surface area (Å²) in [5.74, 6) is 0.0245. The summed E-state index contributed by atoms with van der Waals surface area (Å²) in [6, 6.07) is 4.47. The zero-order chi connectivity index (χ0) is 20.1. The largest absolute Gasteiger partial charge is 0.507 e. The molecule has 1 saturated heterocycles. The van der Waals surface area contributed by atoms with Crippen molar-refractivity contribution in [1.29, 1.82) is 0 Å². The molecule has 0 saturated carbocycles. The van der Waals surface area contributed by atoms with Crippen LogP contribution in [0.3, 0.4) is 0 Å². The van der Waals surface area contributed by atoms with Crippen LogP contribution < -0.4 is 4.90 Å². The lowest BCUT2D eigenvalue weighted by atomic mass is 10.0. The van der Waals surface area contributed by atoms with Crippen molar-refractivity contribution >= 4 is 16.6 Å². The molecule has 1 atom stereocenters. The van der Waals surface area contributed by atoms with E-state index in [2.05, 4.69) is 15.2 Å². The van der Waals surface area contributed by atoms with Gasteiger partial charge >= 0.3 is 6.18 Å². The van der Waals surface area contributed by atoms with E-state index in [0.717, 1.165) is 6.07 Å². The third kappa shape index (κ3) is 3.22. The van der Waals surface area contributed by atoms with E-state index in [4.69, 9.17) is 0 Å². The molecule has 4 rings (SSSR count). The fourth-order valence-electron chi connectivity index (χ4n) is 3.45. The Kier molecular flexibility index (Phi) is 4.15. The molecular formula is C19H17F3N4O2. The molecule has 2 aromatic heterocycles. The summed E-state index contributed by atoms with van der Waals surface area (Å²) in [6.45, 7) is 2.74. The third-order valence-corrected chi connectivity index (χ3v) is 4.89. The average Bonchev–Trinajstić information content (AvgIpc) is 3.00. The Morgan fingerprint density at radius 1 is 1.14 bits per heavy atom. The summed E-state index contributed by atoms with van der Waals surface area (Å²) < 4.78 is 38.6. The molecular weight excluding hydrogens is 373 g/mol. The van der Waals surface area contributed by atoms with Gasteiger partial charge < -0.3 is 15.1 Å². The Labute approximate surface area is 158 Å². The number of phenols is 1. The number of phenolic OH excluding ortho intramolecular Hbond substituents is 1. The average molecular weight is 390 g/mol. The van der Waals surface area contributed by atoms with Gasteiger partial charge in [-0.3, -0.25) is 4.98 Å². The maximum absolute atomic E-state index is 12.9. The van der Waals surface area contributed by atoms with Gasteiger partial charge in [0.2, 0.25) is 0 Å². The third-order valence-electron chi connectivity index (χ3n) is 4.89. The standard InChI is InChI=1S/C19H17F3N4O2/c1-18(28)5-7-26(10-18)17-12-4-6-23-9-14(12)16(24-25-17)13-3-2-11(8-15(13)27)19(20,21)22/h2-4,6,8-9,27-28H,5,7,10H2,1H3/t18-/m0/s1. The quantitative estimate of drug-likeness (QED) is 0.698. The fraction of sp³-hybridized carbons (Fsp3) is 0.316. The molecule has 1 aliphatic rings. The van der Waals surface area contributed by atoms with Crippen LogP contribution in [-0.4, -0.2) is 44.1 Å². The van der Waals surface area contributed by atoms with Crippen LogP contribution in [0, 0.1) is 0 Å². The van der Waals surface area contributed by atoms with Crippen molar-refractivity contribution in [3.8, 4) is 17.0 Å². The van der Waals surface area contributed by atoms with Crippen LogP contribution in [0.4, 0.5) is 19.0 Å². The predicted molar refractivity (Wildman–Crippen MR) is 96.9 cm³/mol. The van der Waals surface area contributed by atoms with Crippen LogP contribution in [0.25, 0.3) is 22.0 Å². The Bertz CT molecular complexity index is 1050. The van der Waals surface area contributed by atoms with Crippen molar-refractivity contribution < 1.29 is 23.4 Å². The number of benzene rings is 1. The molecule has 3 heterocycles. The van der Waals surface area contributed by atoms with E-state index in [9.17, 15) is 23.4 Å². The van der Waals surface area contributed by atoms with Gasteiger partial charge in [0.15, 0.2) is 5.82 Å². The van der Waals surface area contributed by atoms with Crippen molar-refractivity contribution in [3.05, 3.63) is 42.2 Å². The summed E-state index contributed by atoms with van der Waals surface area (Å²) in [5.41, 5.74) is -1.40. The molecule has 0 unspecified atom stereocenters. The Morgan fingerprint density at radius 3 is 2.57 bits per heavy atom. The minimum atomic E-state index is -4.55. The number of rotatable bonds is 2. The number of aromatic nitrogens is 3. The van der Waals surface area contributed by atoms with E-state index in [1.807, 2.05) is 4.90 Å². The highest BCUT2D eigenvalue weighted by atomic mass is 19.4. The van der Waals surface area contributed by atoms with Crippen molar-refractivity contribution in [2.75, 3.05) is 18.0 Å². The number of pyridine rings is 1. The van der Waals surface area contributed by atoms with Crippen LogP contribution in [0.2, 0.25) is 0 Å². The van der Waals surface area contributed by atoms with Crippen molar-refractivity contribution in [2.45, 2.75) is 25.1 Å². The van der Waals surface area contributed by atoms with Crippen LogP contribution in [0.15, 0.2) is 36.7 Å². The number of β-amino-alcohol motifs (C(OH)–C–C–N with tert-alkyl or cyclic N) is 1. The molecule has 1 fully saturated rings. The number of hydrogen-bond acceptors (Lipinski definition) is 6. The number of alkyl halides is 3. The van der Waals surface area contributed by atoms with Crippen molar-refractivity contribution in [3.63, 3.8) is 0 Å². The highest BCUT2D eigenvalue weighted by Gasteiger charge is 2.34. The van der Waals surface area contributed by atoms with E-state index >= 15 is 0 Å². The number of hydrogen-bond donors (Lipinski definition) is 2. The van der Waals surface area contributed by atoms with Gasteiger partial charge in [-0.15, -0.1) is 10.2 Å². The van der Waals surface area contributed by atoms with Crippen LogP contribution >= 0.6 is 0 Å². The summed E-state index contributed by atoms with van der Waals surface area (Å²) >= 11 is 0. The first-order valence-electron chi connectivity index (χ1n) is 8.64. The zero-order valence-corrected chi connectivity index (χ0v) is 14.9. The molecule has 0 amide bonds. The second-order valence-electron chi connectivity index (χ2n) is 7.19. The van der Waals surface area contributed by atoms with Crippen molar-refractivity contribution in [1.82, 2.24) is 15.2 Å². The van der Waals surface area contributed by atoms with Gasteiger partial charge in [0.05, 0.1) is 11.2 Å². The van der Waals surface area contributed by atoms with Gasteiger partial charge in [-0.1, -0.05) is 0 Å². The summed E-state index contributed by atoms with van der Waals surface area (Å²) in [5, 5.41) is 30.1. The normalized spacial score (nSPS) is 20.1. The predicted octanol–water partition coefficient (Wildman–Crippen LogP) is 3.38. The summed E-state index contributed by atoms with van der Waals surface area (Å²) in [6.07, 6.45) is -0.850. The van der Waals surface area contributed by atoms with Gasteiger partial charge in [0.25, 0.3) is 0 Å². The van der Waals surface area contributed by atoms with Crippen LogP contribution in [0.1, 0.15) is 18.9 Å². The minimum absolute atomic E-state index is 0.137. The summed E-state index contributed by atoms with van der Waals surface area (Å²) in [7, 11) is 0. The smallest absolute Gasteiger partial charge is 0.416 e. The number of halogens is 3. The van der Waals surface area contributed by atoms with E-state index in [1.165, 1.54) is 12.3 Å². The molecule has 146 valence electrons. The van der Waals surface area contributed by atoms with Gasteiger partial charge in [-0.25, -0.2) is 0 Å². The molecule has 1 aromatic carbocycles. The number of nitrogens with zero attached hydrogens (tertiary/aromatic N) is 4. The topological polar surface area (TPSA) is 82.4 Å². The summed E-state index contributed by atoms with van der Waals surface area (Å²) in [4.78, 5) is 5.99. The van der Waals surface area contributed by atoms with Crippen LogP contribution in [0.5, 0.6) is 5.75 Å². The monoisotopic (exact) mass is 390 g/mol. The molecule has 1 aliphatic heterocycles. The van der Waals surface area contributed by atoms with E-state index in [-0.39, 0.29) is 11.3 Å². The first-order chi connectivity index (χ1) is 13.2. The Morgan fingerprint density at radius 2 is 1.93 bits per heavy atom. The Hall–Kier alpha value is -2.94. The molecule has 9 heteroatoms. The molecule has 0 spiro atoms. The highest BCUT2D eigenvalue weighted by Crippen LogP contribution is 2.39. The van der Waals surface area contributed by atoms with Gasteiger partial charge in [0.1, 0.15) is 11.4 Å². The molecule has 0 bridgehead atoms. The lowest BCUT2D eigenvalue weighted by molar-refractivity contribution is -0.137. The fourth-order valence-corrected chi connectivity index (χ4v) is 3.45. The number of anilines is 1. The van der Waals surface area contributed by atoms with E-state index < -0.39 is 23.1 Å². The maximum Gasteiger partial charge on any atom is 0.416 e. The molecule has 2 N–H and O–H groups in total. The van der Waals surface area contributed by atoms with E-state index in [1.54, 1.807) is 19.2 Å². The number of aromatic hydroxyl groups is 1. The number of fused-ring (bicyclic) bond motifs is 1. The van der Waals surface area contributed by atoms with Gasteiger partial charge in [0, 0.05) is 41.8 Å². The van der Waals surface area contributed by atoms with Gasteiger partial charge in [-0.05, 0) is 37.6 Å². The highest BCUT2D eigenvalue weighted by molar-refractivity contribution is 6.00.